The number of rotatable bonds is 3. The van der Waals surface area contributed by atoms with Crippen molar-refractivity contribution in [3.8, 4) is 22.6 Å². The Hall–Kier alpha value is -1.98. The van der Waals surface area contributed by atoms with Crippen LogP contribution in [-0.2, 0) is 6.61 Å². The molecule has 1 heterocycles. The molecule has 0 saturated carbocycles. The number of aromatic nitrogens is 1. The molecule has 0 unspecified atom stereocenters. The van der Waals surface area contributed by atoms with Crippen molar-refractivity contribution >= 4 is 15.9 Å². The van der Waals surface area contributed by atoms with E-state index in [1.54, 1.807) is 12.1 Å². The summed E-state index contributed by atoms with van der Waals surface area (Å²) in [7, 11) is 0. The van der Waals surface area contributed by atoms with Crippen LogP contribution in [0.4, 0.5) is 4.39 Å². The van der Waals surface area contributed by atoms with Crippen LogP contribution >= 0.6 is 15.9 Å². The molecule has 3 nitrogen and oxygen atoms in total. The molecule has 1 N–H and O–H groups in total. The summed E-state index contributed by atoms with van der Waals surface area (Å²) in [6, 6.07) is 13.5. The minimum atomic E-state index is -0.357. The summed E-state index contributed by atoms with van der Waals surface area (Å²) in [6.07, 6.45) is 0. The van der Waals surface area contributed by atoms with Gasteiger partial charge in [0, 0.05) is 15.6 Å². The van der Waals surface area contributed by atoms with Crippen LogP contribution < -0.4 is 0 Å². The zero-order chi connectivity index (χ0) is 14.8. The van der Waals surface area contributed by atoms with E-state index in [2.05, 4.69) is 21.1 Å². The number of aliphatic hydroxyl groups excluding tert-OH is 1. The molecule has 0 atom stereocenters. The summed E-state index contributed by atoms with van der Waals surface area (Å²) in [5.74, 6) is 0.133. The second-order valence-corrected chi connectivity index (χ2v) is 5.43. The van der Waals surface area contributed by atoms with Crippen molar-refractivity contribution in [3.63, 3.8) is 0 Å². The summed E-state index contributed by atoms with van der Waals surface area (Å²) in [4.78, 5) is 0. The molecular weight excluding hydrogens is 337 g/mol. The van der Waals surface area contributed by atoms with E-state index in [0.717, 1.165) is 10.0 Å². The van der Waals surface area contributed by atoms with Crippen LogP contribution in [0, 0.1) is 5.82 Å². The predicted octanol–water partition coefficient (Wildman–Crippen LogP) is 4.40. The Balaban J connectivity index is 2.11. The monoisotopic (exact) mass is 347 g/mol. The SMILES string of the molecule is OCc1c(-c2cccc(F)c2)noc1-c1ccc(Br)cc1. The van der Waals surface area contributed by atoms with Crippen molar-refractivity contribution in [1.82, 2.24) is 5.16 Å². The van der Waals surface area contributed by atoms with E-state index in [4.69, 9.17) is 4.52 Å². The predicted molar refractivity (Wildman–Crippen MR) is 81.0 cm³/mol. The van der Waals surface area contributed by atoms with Gasteiger partial charge in [0.15, 0.2) is 5.76 Å². The van der Waals surface area contributed by atoms with Crippen LogP contribution in [0.15, 0.2) is 57.5 Å². The highest BCUT2D eigenvalue weighted by Gasteiger charge is 2.18. The Kier molecular flexibility index (Phi) is 3.86. The molecule has 0 spiro atoms. The molecule has 0 bridgehead atoms. The minimum absolute atomic E-state index is 0.235. The second-order valence-electron chi connectivity index (χ2n) is 4.51. The highest BCUT2D eigenvalue weighted by Crippen LogP contribution is 2.33. The Morgan fingerprint density at radius 2 is 1.86 bits per heavy atom. The lowest BCUT2D eigenvalue weighted by molar-refractivity contribution is 0.281. The van der Waals surface area contributed by atoms with Gasteiger partial charge in [-0.05, 0) is 24.3 Å². The number of hydrogen-bond acceptors (Lipinski definition) is 3. The standard InChI is InChI=1S/C16H11BrFNO2/c17-12-6-4-10(5-7-12)16-14(9-20)15(19-21-16)11-2-1-3-13(18)8-11/h1-8,20H,9H2. The highest BCUT2D eigenvalue weighted by molar-refractivity contribution is 9.10. The second kappa shape index (κ2) is 5.79. The van der Waals surface area contributed by atoms with Gasteiger partial charge >= 0.3 is 0 Å². The first-order chi connectivity index (χ1) is 10.2. The Morgan fingerprint density at radius 3 is 2.52 bits per heavy atom. The van der Waals surface area contributed by atoms with Gasteiger partial charge in [0.25, 0.3) is 0 Å². The van der Waals surface area contributed by atoms with Gasteiger partial charge in [-0.25, -0.2) is 4.39 Å². The smallest absolute Gasteiger partial charge is 0.173 e. The summed E-state index contributed by atoms with van der Waals surface area (Å²) in [5.41, 5.74) is 2.38. The van der Waals surface area contributed by atoms with Crippen LogP contribution in [0.25, 0.3) is 22.6 Å². The van der Waals surface area contributed by atoms with Gasteiger partial charge in [-0.1, -0.05) is 45.4 Å². The molecule has 0 aliphatic carbocycles. The van der Waals surface area contributed by atoms with E-state index in [1.165, 1.54) is 12.1 Å². The topological polar surface area (TPSA) is 46.3 Å². The number of benzene rings is 2. The molecule has 5 heteroatoms. The lowest BCUT2D eigenvalue weighted by Crippen LogP contribution is -1.89. The summed E-state index contributed by atoms with van der Waals surface area (Å²) in [6.45, 7) is -0.235. The molecule has 0 amide bonds. The number of halogens is 2. The van der Waals surface area contributed by atoms with E-state index in [-0.39, 0.29) is 12.4 Å². The van der Waals surface area contributed by atoms with Crippen molar-refractivity contribution in [3.05, 3.63) is 64.4 Å². The molecular formula is C16H11BrFNO2. The average Bonchev–Trinajstić information content (AvgIpc) is 2.92. The molecule has 0 aliphatic heterocycles. The van der Waals surface area contributed by atoms with Gasteiger partial charge in [-0.3, -0.25) is 0 Å². The van der Waals surface area contributed by atoms with Crippen LogP contribution in [0.2, 0.25) is 0 Å². The van der Waals surface area contributed by atoms with Crippen molar-refractivity contribution in [2.24, 2.45) is 0 Å². The van der Waals surface area contributed by atoms with Gasteiger partial charge in [-0.15, -0.1) is 0 Å². The fraction of sp³-hybridized carbons (Fsp3) is 0.0625. The number of aliphatic hydroxyl groups is 1. The van der Waals surface area contributed by atoms with E-state index >= 15 is 0 Å². The maximum absolute atomic E-state index is 13.3. The van der Waals surface area contributed by atoms with E-state index in [9.17, 15) is 9.50 Å². The number of nitrogens with zero attached hydrogens (tertiary/aromatic N) is 1. The quantitative estimate of drug-likeness (QED) is 0.763. The third-order valence-electron chi connectivity index (χ3n) is 3.15. The third-order valence-corrected chi connectivity index (χ3v) is 3.68. The lowest BCUT2D eigenvalue weighted by Gasteiger charge is -2.02. The third kappa shape index (κ3) is 2.75. The van der Waals surface area contributed by atoms with Crippen LogP contribution in [-0.4, -0.2) is 10.3 Å². The van der Waals surface area contributed by atoms with E-state index < -0.39 is 0 Å². The summed E-state index contributed by atoms with van der Waals surface area (Å²) < 4.78 is 19.6. The normalized spacial score (nSPS) is 10.8. The molecule has 0 radical (unpaired) electrons. The molecule has 21 heavy (non-hydrogen) atoms. The average molecular weight is 348 g/mol. The first-order valence-corrected chi connectivity index (χ1v) is 7.09. The Bertz CT molecular complexity index is 768. The largest absolute Gasteiger partial charge is 0.391 e. The van der Waals surface area contributed by atoms with Crippen LogP contribution in [0.5, 0.6) is 0 Å². The number of hydrogen-bond donors (Lipinski definition) is 1. The first kappa shape index (κ1) is 14.0. The maximum atomic E-state index is 13.3. The van der Waals surface area contributed by atoms with Crippen molar-refractivity contribution in [2.75, 3.05) is 0 Å². The Labute approximate surface area is 129 Å². The van der Waals surface area contributed by atoms with Gasteiger partial charge < -0.3 is 9.63 Å². The molecule has 0 aliphatic rings. The minimum Gasteiger partial charge on any atom is -0.391 e. The summed E-state index contributed by atoms with van der Waals surface area (Å²) >= 11 is 3.37. The molecule has 1 aromatic heterocycles. The van der Waals surface area contributed by atoms with Gasteiger partial charge in [-0.2, -0.15) is 0 Å². The van der Waals surface area contributed by atoms with Crippen molar-refractivity contribution in [2.45, 2.75) is 6.61 Å². The fourth-order valence-corrected chi connectivity index (χ4v) is 2.41. The maximum Gasteiger partial charge on any atom is 0.173 e. The van der Waals surface area contributed by atoms with E-state index in [1.807, 2.05) is 24.3 Å². The van der Waals surface area contributed by atoms with Gasteiger partial charge in [0.05, 0.1) is 12.2 Å². The van der Waals surface area contributed by atoms with Crippen LogP contribution in [0.3, 0.4) is 0 Å². The van der Waals surface area contributed by atoms with Crippen LogP contribution in [0.1, 0.15) is 5.56 Å². The van der Waals surface area contributed by atoms with Gasteiger partial charge in [0.2, 0.25) is 0 Å². The highest BCUT2D eigenvalue weighted by atomic mass is 79.9. The van der Waals surface area contributed by atoms with Crippen molar-refractivity contribution in [1.29, 1.82) is 0 Å². The zero-order valence-corrected chi connectivity index (χ0v) is 12.5. The van der Waals surface area contributed by atoms with Crippen molar-refractivity contribution < 1.29 is 14.0 Å². The molecule has 3 aromatic rings. The molecule has 0 fully saturated rings. The molecule has 3 rings (SSSR count). The zero-order valence-electron chi connectivity index (χ0n) is 10.9. The lowest BCUT2D eigenvalue weighted by atomic mass is 10.0. The molecule has 2 aromatic carbocycles. The van der Waals surface area contributed by atoms with E-state index in [0.29, 0.717) is 22.6 Å². The van der Waals surface area contributed by atoms with Gasteiger partial charge in [0.1, 0.15) is 11.5 Å². The fourth-order valence-electron chi connectivity index (χ4n) is 2.15. The summed E-state index contributed by atoms with van der Waals surface area (Å²) in [5, 5.41) is 13.6. The Morgan fingerprint density at radius 1 is 1.10 bits per heavy atom. The molecule has 0 saturated heterocycles. The molecule has 106 valence electrons. The first-order valence-electron chi connectivity index (χ1n) is 6.30.